The van der Waals surface area contributed by atoms with Crippen LogP contribution in [-0.2, 0) is 11.3 Å². The van der Waals surface area contributed by atoms with E-state index in [9.17, 15) is 13.6 Å². The second kappa shape index (κ2) is 4.81. The number of aliphatic carboxylic acids is 1. The van der Waals surface area contributed by atoms with Crippen LogP contribution < -0.4 is 5.73 Å². The Bertz CT molecular complexity index is 659. The van der Waals surface area contributed by atoms with Gasteiger partial charge >= 0.3 is 5.97 Å². The number of aromatic nitrogens is 3. The van der Waals surface area contributed by atoms with Crippen LogP contribution in [0.5, 0.6) is 0 Å². The fourth-order valence-electron chi connectivity index (χ4n) is 1.44. The highest BCUT2D eigenvalue weighted by Crippen LogP contribution is 2.31. The maximum Gasteiger partial charge on any atom is 0.325 e. The van der Waals surface area contributed by atoms with Gasteiger partial charge in [-0.25, -0.2) is 18.4 Å². The van der Waals surface area contributed by atoms with Crippen LogP contribution in [0.1, 0.15) is 0 Å². The summed E-state index contributed by atoms with van der Waals surface area (Å²) in [5.41, 5.74) is 5.11. The number of nitrogens with zero attached hydrogens (tertiary/aromatic N) is 3. The Labute approximate surface area is 110 Å². The summed E-state index contributed by atoms with van der Waals surface area (Å²) in [6.45, 7) is -0.533. The molecule has 9 heteroatoms. The van der Waals surface area contributed by atoms with E-state index in [1.54, 1.807) is 0 Å². The van der Waals surface area contributed by atoms with Crippen molar-refractivity contribution in [2.45, 2.75) is 6.54 Å². The van der Waals surface area contributed by atoms with E-state index in [0.717, 1.165) is 10.9 Å². The van der Waals surface area contributed by atoms with Crippen molar-refractivity contribution < 1.29 is 18.7 Å². The Morgan fingerprint density at radius 1 is 1.47 bits per heavy atom. The minimum Gasteiger partial charge on any atom is -0.480 e. The van der Waals surface area contributed by atoms with Crippen LogP contribution >= 0.6 is 11.6 Å². The van der Waals surface area contributed by atoms with Gasteiger partial charge in [-0.15, -0.1) is 0 Å². The summed E-state index contributed by atoms with van der Waals surface area (Å²) in [5.74, 6) is -3.15. The number of anilines is 1. The van der Waals surface area contributed by atoms with E-state index in [1.807, 2.05) is 0 Å². The molecule has 6 nitrogen and oxygen atoms in total. The Morgan fingerprint density at radius 2 is 2.16 bits per heavy atom. The van der Waals surface area contributed by atoms with Crippen LogP contribution in [0, 0.1) is 11.6 Å². The molecule has 0 aromatic carbocycles. The average Bonchev–Trinajstić information content (AvgIpc) is 2.57. The number of halogens is 3. The van der Waals surface area contributed by atoms with Gasteiger partial charge in [0.2, 0.25) is 0 Å². The molecule has 0 radical (unpaired) electrons. The van der Waals surface area contributed by atoms with Crippen molar-refractivity contribution >= 4 is 23.4 Å². The Hall–Kier alpha value is -2.22. The summed E-state index contributed by atoms with van der Waals surface area (Å²) >= 11 is 5.84. The standard InChI is InChI=1S/C10H7ClF2N4O2/c11-7-9(8-5(13)1-4(12)2-15-8)16-17(10(7)14)3-6(18)19/h1-2H,3,14H2,(H,18,19). The molecule has 2 aromatic rings. The molecule has 0 spiro atoms. The van der Waals surface area contributed by atoms with Crippen molar-refractivity contribution in [1.82, 2.24) is 14.8 Å². The van der Waals surface area contributed by atoms with Crippen LogP contribution in [0.25, 0.3) is 11.4 Å². The minimum atomic E-state index is -1.19. The maximum atomic E-state index is 13.6. The number of carboxylic acid groups (broad SMARTS) is 1. The van der Waals surface area contributed by atoms with Crippen molar-refractivity contribution in [3.8, 4) is 11.4 Å². The fourth-order valence-corrected chi connectivity index (χ4v) is 1.67. The second-order valence-corrected chi connectivity index (χ2v) is 3.96. The van der Waals surface area contributed by atoms with Gasteiger partial charge in [0.25, 0.3) is 0 Å². The van der Waals surface area contributed by atoms with Crippen molar-refractivity contribution in [2.75, 3.05) is 5.73 Å². The molecule has 0 amide bonds. The van der Waals surface area contributed by atoms with E-state index in [-0.39, 0.29) is 22.2 Å². The highest BCUT2D eigenvalue weighted by molar-refractivity contribution is 6.35. The SMILES string of the molecule is Nc1c(Cl)c(-c2ncc(F)cc2F)nn1CC(=O)O. The normalized spacial score (nSPS) is 10.7. The minimum absolute atomic E-state index is 0.135. The van der Waals surface area contributed by atoms with Crippen LogP contribution in [0.2, 0.25) is 5.02 Å². The molecule has 2 aromatic heterocycles. The summed E-state index contributed by atoms with van der Waals surface area (Å²) in [4.78, 5) is 14.1. The number of hydrogen-bond acceptors (Lipinski definition) is 4. The maximum absolute atomic E-state index is 13.6. The lowest BCUT2D eigenvalue weighted by molar-refractivity contribution is -0.137. The molecule has 0 atom stereocenters. The Kier molecular flexibility index (Phi) is 3.34. The number of carboxylic acids is 1. The van der Waals surface area contributed by atoms with Gasteiger partial charge < -0.3 is 10.8 Å². The summed E-state index contributed by atoms with van der Waals surface area (Å²) < 4.78 is 27.2. The van der Waals surface area contributed by atoms with Crippen LogP contribution in [0.3, 0.4) is 0 Å². The molecule has 2 heterocycles. The molecule has 3 N–H and O–H groups in total. The summed E-state index contributed by atoms with van der Waals surface area (Å²) in [5, 5.41) is 12.3. The van der Waals surface area contributed by atoms with Crippen molar-refractivity contribution in [3.05, 3.63) is 28.9 Å². The summed E-state index contributed by atoms with van der Waals surface area (Å²) in [6, 6.07) is 0.616. The zero-order valence-electron chi connectivity index (χ0n) is 9.27. The number of rotatable bonds is 3. The van der Waals surface area contributed by atoms with E-state index >= 15 is 0 Å². The molecule has 0 saturated carbocycles. The molecule has 100 valence electrons. The van der Waals surface area contributed by atoms with Gasteiger partial charge in [0.05, 0.1) is 6.20 Å². The van der Waals surface area contributed by atoms with Crippen LogP contribution in [-0.4, -0.2) is 25.8 Å². The quantitative estimate of drug-likeness (QED) is 0.893. The predicted molar refractivity (Wildman–Crippen MR) is 62.4 cm³/mol. The van der Waals surface area contributed by atoms with E-state index in [1.165, 1.54) is 0 Å². The van der Waals surface area contributed by atoms with Gasteiger partial charge in [-0.2, -0.15) is 5.10 Å². The monoisotopic (exact) mass is 288 g/mol. The molecule has 19 heavy (non-hydrogen) atoms. The summed E-state index contributed by atoms with van der Waals surface area (Å²) in [6.07, 6.45) is 0.793. The number of pyridine rings is 1. The first-order valence-corrected chi connectivity index (χ1v) is 5.33. The number of nitrogen functional groups attached to an aromatic ring is 1. The van der Waals surface area contributed by atoms with Crippen molar-refractivity contribution in [1.29, 1.82) is 0 Å². The van der Waals surface area contributed by atoms with E-state index < -0.39 is 24.1 Å². The van der Waals surface area contributed by atoms with Gasteiger partial charge in [-0.1, -0.05) is 11.6 Å². The third-order valence-electron chi connectivity index (χ3n) is 2.25. The molecule has 0 aliphatic heterocycles. The second-order valence-electron chi connectivity index (χ2n) is 3.58. The van der Waals surface area contributed by atoms with E-state index in [2.05, 4.69) is 10.1 Å². The third-order valence-corrected chi connectivity index (χ3v) is 2.62. The number of carbonyl (C=O) groups is 1. The Morgan fingerprint density at radius 3 is 2.74 bits per heavy atom. The van der Waals surface area contributed by atoms with Crippen molar-refractivity contribution in [3.63, 3.8) is 0 Å². The topological polar surface area (TPSA) is 94.0 Å². The van der Waals surface area contributed by atoms with Crippen LogP contribution in [0.4, 0.5) is 14.6 Å². The average molecular weight is 289 g/mol. The highest BCUT2D eigenvalue weighted by Gasteiger charge is 2.20. The zero-order chi connectivity index (χ0) is 14.2. The smallest absolute Gasteiger partial charge is 0.325 e. The lowest BCUT2D eigenvalue weighted by atomic mass is 10.2. The highest BCUT2D eigenvalue weighted by atomic mass is 35.5. The van der Waals surface area contributed by atoms with E-state index in [0.29, 0.717) is 6.07 Å². The number of nitrogens with two attached hydrogens (primary N) is 1. The lowest BCUT2D eigenvalue weighted by Gasteiger charge is -1.99. The lowest BCUT2D eigenvalue weighted by Crippen LogP contribution is -2.12. The molecule has 0 fully saturated rings. The first kappa shape index (κ1) is 13.2. The van der Waals surface area contributed by atoms with Gasteiger partial charge in [0.15, 0.2) is 5.82 Å². The molecule has 0 saturated heterocycles. The molecule has 0 unspecified atom stereocenters. The molecular formula is C10H7ClF2N4O2. The first-order valence-electron chi connectivity index (χ1n) is 4.95. The molecule has 0 aliphatic carbocycles. The largest absolute Gasteiger partial charge is 0.480 e. The van der Waals surface area contributed by atoms with Crippen molar-refractivity contribution in [2.24, 2.45) is 0 Å². The van der Waals surface area contributed by atoms with Crippen LogP contribution in [0.15, 0.2) is 12.3 Å². The third kappa shape index (κ3) is 2.48. The predicted octanol–water partition coefficient (Wildman–Crippen LogP) is 1.54. The fraction of sp³-hybridized carbons (Fsp3) is 0.100. The van der Waals surface area contributed by atoms with Gasteiger partial charge in [0, 0.05) is 6.07 Å². The first-order chi connectivity index (χ1) is 8.90. The molecule has 2 rings (SSSR count). The van der Waals surface area contributed by atoms with Gasteiger partial charge in [-0.05, 0) is 0 Å². The molecular weight excluding hydrogens is 282 g/mol. The number of hydrogen-bond donors (Lipinski definition) is 2. The van der Waals surface area contributed by atoms with Gasteiger partial charge in [-0.3, -0.25) is 4.79 Å². The Balaban J connectivity index is 2.53. The summed E-state index contributed by atoms with van der Waals surface area (Å²) in [7, 11) is 0. The van der Waals surface area contributed by atoms with E-state index in [4.69, 9.17) is 22.4 Å². The molecule has 0 bridgehead atoms. The van der Waals surface area contributed by atoms with Gasteiger partial charge in [0.1, 0.15) is 34.6 Å². The molecule has 0 aliphatic rings. The zero-order valence-corrected chi connectivity index (χ0v) is 10.0.